The Bertz CT molecular complexity index is 661. The normalized spacial score (nSPS) is 14.0. The third-order valence-corrected chi connectivity index (χ3v) is 5.70. The summed E-state index contributed by atoms with van der Waals surface area (Å²) in [6, 6.07) is 3.93. The molecule has 4 nitrogen and oxygen atoms in total. The quantitative estimate of drug-likeness (QED) is 0.849. The lowest BCUT2D eigenvalue weighted by molar-refractivity contribution is 0.297. The van der Waals surface area contributed by atoms with Crippen LogP contribution in [0.5, 0.6) is 11.5 Å². The van der Waals surface area contributed by atoms with E-state index in [1.807, 2.05) is 19.1 Å². The molecule has 0 fully saturated rings. The standard InChI is InChI=1S/C14H15ClN2O2S2/c1-8-13(21-14(16)17-8)20-7-9-5-10(15)12-11(6-9)18-3-2-4-19-12/h5-6H,2-4,7H2,1H3,(H2,16,17). The molecule has 1 aromatic carbocycles. The number of aromatic nitrogens is 1. The molecule has 0 saturated heterocycles. The molecule has 2 aromatic rings. The van der Waals surface area contributed by atoms with Crippen molar-refractivity contribution in [2.24, 2.45) is 0 Å². The highest BCUT2D eigenvalue weighted by Crippen LogP contribution is 2.40. The van der Waals surface area contributed by atoms with Gasteiger partial charge < -0.3 is 15.2 Å². The van der Waals surface area contributed by atoms with Crippen LogP contribution in [0.2, 0.25) is 5.02 Å². The molecule has 1 aliphatic rings. The summed E-state index contributed by atoms with van der Waals surface area (Å²) >= 11 is 9.51. The molecule has 2 heterocycles. The Morgan fingerprint density at radius 3 is 2.95 bits per heavy atom. The van der Waals surface area contributed by atoms with Crippen LogP contribution in [0.1, 0.15) is 17.7 Å². The maximum Gasteiger partial charge on any atom is 0.181 e. The zero-order chi connectivity index (χ0) is 14.8. The number of hydrogen-bond donors (Lipinski definition) is 1. The van der Waals surface area contributed by atoms with Crippen molar-refractivity contribution in [1.82, 2.24) is 4.98 Å². The van der Waals surface area contributed by atoms with Gasteiger partial charge in [0.05, 0.1) is 28.1 Å². The predicted molar refractivity (Wildman–Crippen MR) is 87.9 cm³/mol. The fourth-order valence-electron chi connectivity index (χ4n) is 2.05. The van der Waals surface area contributed by atoms with E-state index in [1.54, 1.807) is 11.8 Å². The number of nitrogen functional groups attached to an aromatic ring is 1. The Morgan fingerprint density at radius 2 is 2.19 bits per heavy atom. The maximum absolute atomic E-state index is 6.29. The van der Waals surface area contributed by atoms with E-state index in [-0.39, 0.29) is 0 Å². The Hall–Kier alpha value is -1.11. The summed E-state index contributed by atoms with van der Waals surface area (Å²) in [6.45, 7) is 3.26. The number of halogens is 1. The van der Waals surface area contributed by atoms with Gasteiger partial charge in [-0.3, -0.25) is 0 Å². The first-order valence-corrected chi connectivity index (χ1v) is 8.75. The van der Waals surface area contributed by atoms with E-state index in [2.05, 4.69) is 4.98 Å². The van der Waals surface area contributed by atoms with Crippen molar-refractivity contribution < 1.29 is 9.47 Å². The third-order valence-electron chi connectivity index (χ3n) is 3.00. The molecule has 0 bridgehead atoms. The fourth-order valence-corrected chi connectivity index (χ4v) is 4.29. The number of benzene rings is 1. The highest BCUT2D eigenvalue weighted by molar-refractivity contribution is 8.00. The van der Waals surface area contributed by atoms with Gasteiger partial charge in [0.25, 0.3) is 0 Å². The van der Waals surface area contributed by atoms with Crippen molar-refractivity contribution in [2.45, 2.75) is 23.3 Å². The molecular formula is C14H15ClN2O2S2. The van der Waals surface area contributed by atoms with Gasteiger partial charge in [0.15, 0.2) is 16.6 Å². The number of ether oxygens (including phenoxy) is 2. The molecule has 112 valence electrons. The zero-order valence-electron chi connectivity index (χ0n) is 11.5. The number of aryl methyl sites for hydroxylation is 1. The van der Waals surface area contributed by atoms with Crippen LogP contribution in [-0.4, -0.2) is 18.2 Å². The van der Waals surface area contributed by atoms with Crippen LogP contribution in [0.4, 0.5) is 5.13 Å². The molecule has 0 unspecified atom stereocenters. The van der Waals surface area contributed by atoms with Gasteiger partial charge in [0.1, 0.15) is 0 Å². The summed E-state index contributed by atoms with van der Waals surface area (Å²) in [5.74, 6) is 2.18. The minimum absolute atomic E-state index is 0.602. The van der Waals surface area contributed by atoms with Gasteiger partial charge in [0.2, 0.25) is 0 Å². The van der Waals surface area contributed by atoms with E-state index in [0.29, 0.717) is 29.1 Å². The number of hydrogen-bond acceptors (Lipinski definition) is 6. The van der Waals surface area contributed by atoms with Crippen molar-refractivity contribution in [3.05, 3.63) is 28.4 Å². The van der Waals surface area contributed by atoms with Crippen molar-refractivity contribution >= 4 is 39.8 Å². The molecule has 7 heteroatoms. The van der Waals surface area contributed by atoms with Crippen LogP contribution >= 0.6 is 34.7 Å². The van der Waals surface area contributed by atoms with Gasteiger partial charge in [-0.2, -0.15) is 0 Å². The monoisotopic (exact) mass is 342 g/mol. The summed E-state index contributed by atoms with van der Waals surface area (Å²) in [5.41, 5.74) is 7.79. The lowest BCUT2D eigenvalue weighted by Gasteiger charge is -2.11. The van der Waals surface area contributed by atoms with Gasteiger partial charge in [0, 0.05) is 12.2 Å². The van der Waals surface area contributed by atoms with E-state index in [4.69, 9.17) is 26.8 Å². The van der Waals surface area contributed by atoms with E-state index >= 15 is 0 Å². The molecule has 2 N–H and O–H groups in total. The van der Waals surface area contributed by atoms with E-state index < -0.39 is 0 Å². The number of anilines is 1. The summed E-state index contributed by atoms with van der Waals surface area (Å²) < 4.78 is 12.5. The topological polar surface area (TPSA) is 57.4 Å². The first-order valence-electron chi connectivity index (χ1n) is 6.57. The number of nitrogens with zero attached hydrogens (tertiary/aromatic N) is 1. The van der Waals surface area contributed by atoms with Crippen LogP contribution in [0.25, 0.3) is 0 Å². The molecule has 3 rings (SSSR count). The number of fused-ring (bicyclic) bond motifs is 1. The molecule has 0 saturated carbocycles. The second-order valence-corrected chi connectivity index (χ2v) is 7.35. The number of nitrogens with two attached hydrogens (primary N) is 1. The molecule has 0 aliphatic carbocycles. The minimum atomic E-state index is 0.602. The Kier molecular flexibility index (Phi) is 4.47. The van der Waals surface area contributed by atoms with Crippen molar-refractivity contribution in [3.63, 3.8) is 0 Å². The fraction of sp³-hybridized carbons (Fsp3) is 0.357. The van der Waals surface area contributed by atoms with Crippen molar-refractivity contribution in [1.29, 1.82) is 0 Å². The molecule has 1 aromatic heterocycles. The first-order chi connectivity index (χ1) is 10.1. The van der Waals surface area contributed by atoms with Crippen LogP contribution in [0, 0.1) is 6.92 Å². The SMILES string of the molecule is Cc1nc(N)sc1SCc1cc(Cl)c2c(c1)OCCCO2. The molecule has 21 heavy (non-hydrogen) atoms. The lowest BCUT2D eigenvalue weighted by atomic mass is 10.2. The minimum Gasteiger partial charge on any atom is -0.489 e. The molecule has 1 aliphatic heterocycles. The summed E-state index contributed by atoms with van der Waals surface area (Å²) in [7, 11) is 0. The molecule has 0 radical (unpaired) electrons. The summed E-state index contributed by atoms with van der Waals surface area (Å²) in [5, 5.41) is 1.21. The molecule has 0 spiro atoms. The number of thioether (sulfide) groups is 1. The Morgan fingerprint density at radius 1 is 1.38 bits per heavy atom. The molecule has 0 atom stereocenters. The lowest BCUT2D eigenvalue weighted by Crippen LogP contribution is -1.97. The van der Waals surface area contributed by atoms with Crippen LogP contribution < -0.4 is 15.2 Å². The smallest absolute Gasteiger partial charge is 0.181 e. The predicted octanol–water partition coefficient (Wildman–Crippen LogP) is 4.14. The highest BCUT2D eigenvalue weighted by Gasteiger charge is 2.16. The largest absolute Gasteiger partial charge is 0.489 e. The molecule has 0 amide bonds. The van der Waals surface area contributed by atoms with Crippen LogP contribution in [-0.2, 0) is 5.75 Å². The zero-order valence-corrected chi connectivity index (χ0v) is 13.9. The van der Waals surface area contributed by atoms with E-state index in [1.165, 1.54) is 11.3 Å². The highest BCUT2D eigenvalue weighted by atomic mass is 35.5. The average Bonchev–Trinajstić information content (AvgIpc) is 2.65. The van der Waals surface area contributed by atoms with Crippen molar-refractivity contribution in [3.8, 4) is 11.5 Å². The number of rotatable bonds is 3. The second-order valence-electron chi connectivity index (χ2n) is 4.67. The van der Waals surface area contributed by atoms with Gasteiger partial charge in [-0.05, 0) is 24.6 Å². The Balaban J connectivity index is 1.78. The van der Waals surface area contributed by atoms with Crippen LogP contribution in [0.15, 0.2) is 16.3 Å². The Labute approximate surface area is 136 Å². The maximum atomic E-state index is 6.29. The third kappa shape index (κ3) is 3.39. The first kappa shape index (κ1) is 14.8. The van der Waals surface area contributed by atoms with Gasteiger partial charge in [-0.1, -0.05) is 22.9 Å². The average molecular weight is 343 g/mol. The number of thiazole rings is 1. The van der Waals surface area contributed by atoms with Crippen molar-refractivity contribution in [2.75, 3.05) is 18.9 Å². The summed E-state index contributed by atoms with van der Waals surface area (Å²) in [6.07, 6.45) is 0.869. The summed E-state index contributed by atoms with van der Waals surface area (Å²) in [4.78, 5) is 4.23. The van der Waals surface area contributed by atoms with Gasteiger partial charge in [-0.25, -0.2) is 4.98 Å². The van der Waals surface area contributed by atoms with Gasteiger partial charge in [-0.15, -0.1) is 11.8 Å². The van der Waals surface area contributed by atoms with Gasteiger partial charge >= 0.3 is 0 Å². The van der Waals surface area contributed by atoms with Crippen LogP contribution in [0.3, 0.4) is 0 Å². The van der Waals surface area contributed by atoms with E-state index in [0.717, 1.165) is 33.4 Å². The second kappa shape index (κ2) is 6.34. The molecular weight excluding hydrogens is 328 g/mol. The van der Waals surface area contributed by atoms with E-state index in [9.17, 15) is 0 Å².